The van der Waals surface area contributed by atoms with E-state index >= 15 is 0 Å². The Kier molecular flexibility index (Phi) is 4.29. The molecule has 0 radical (unpaired) electrons. The molecule has 1 aromatic heterocycles. The Balaban J connectivity index is 1.93. The lowest BCUT2D eigenvalue weighted by Gasteiger charge is -2.23. The van der Waals surface area contributed by atoms with Gasteiger partial charge >= 0.3 is 0 Å². The molecule has 2 N–H and O–H groups in total. The third kappa shape index (κ3) is 3.10. The van der Waals surface area contributed by atoms with E-state index in [0.29, 0.717) is 34.4 Å². The Hall–Kier alpha value is -3.42. The molecule has 2 aromatic carbocycles. The number of benzene rings is 2. The number of rotatable bonds is 3. The summed E-state index contributed by atoms with van der Waals surface area (Å²) in [5.74, 6) is -1.64. The van der Waals surface area contributed by atoms with Gasteiger partial charge in [0.25, 0.3) is 11.8 Å². The fraction of sp³-hybridized carbons (Fsp3) is 0.333. The van der Waals surface area contributed by atoms with Gasteiger partial charge in [-0.25, -0.2) is 0 Å². The van der Waals surface area contributed by atoms with Gasteiger partial charge in [0.15, 0.2) is 0 Å². The molecule has 0 bridgehead atoms. The monoisotopic (exact) mass is 393 g/mol. The predicted octanol–water partition coefficient (Wildman–Crippen LogP) is 2.40. The molecule has 1 saturated heterocycles. The standard InChI is InChI=1S/C21H23N5O3/c1-5-25-20(29)17(19(28)24-25)12-10-13(21(2,3)4)18(27)16(11-12)26-22-14-8-6-7-9-15(14)23-26/h6-11,17,27H,5H2,1-4H3,(H,24,28). The molecule has 2 amide bonds. The van der Waals surface area contributed by atoms with Crippen LogP contribution in [-0.2, 0) is 15.0 Å². The van der Waals surface area contributed by atoms with Gasteiger partial charge in [-0.15, -0.1) is 15.0 Å². The van der Waals surface area contributed by atoms with Crippen LogP contribution in [0.2, 0.25) is 0 Å². The van der Waals surface area contributed by atoms with Gasteiger partial charge in [0.05, 0.1) is 0 Å². The Morgan fingerprint density at radius 3 is 2.24 bits per heavy atom. The summed E-state index contributed by atoms with van der Waals surface area (Å²) in [7, 11) is 0. The maximum atomic E-state index is 12.7. The van der Waals surface area contributed by atoms with Crippen LogP contribution in [0.15, 0.2) is 36.4 Å². The molecule has 1 unspecified atom stereocenters. The largest absolute Gasteiger partial charge is 0.505 e. The van der Waals surface area contributed by atoms with Crippen molar-refractivity contribution in [2.45, 2.75) is 39.0 Å². The summed E-state index contributed by atoms with van der Waals surface area (Å²) in [5, 5.41) is 21.2. The van der Waals surface area contributed by atoms with Gasteiger partial charge in [-0.05, 0) is 36.1 Å². The molecule has 1 aliphatic rings. The molecule has 29 heavy (non-hydrogen) atoms. The molecule has 3 aromatic rings. The zero-order valence-electron chi connectivity index (χ0n) is 16.8. The summed E-state index contributed by atoms with van der Waals surface area (Å²) >= 11 is 0. The second-order valence-corrected chi connectivity index (χ2v) is 8.16. The molecule has 4 rings (SSSR count). The number of phenols is 1. The molecule has 1 aliphatic heterocycles. The maximum Gasteiger partial charge on any atom is 0.258 e. The number of nitrogens with one attached hydrogen (secondary N) is 1. The fourth-order valence-electron chi connectivity index (χ4n) is 3.55. The number of phenolic OH excluding ortho intramolecular Hbond substituents is 1. The van der Waals surface area contributed by atoms with Gasteiger partial charge in [0, 0.05) is 12.1 Å². The number of hydrogen-bond donors (Lipinski definition) is 2. The van der Waals surface area contributed by atoms with Gasteiger partial charge < -0.3 is 5.11 Å². The number of fused-ring (bicyclic) bond motifs is 1. The van der Waals surface area contributed by atoms with E-state index in [0.717, 1.165) is 0 Å². The average molecular weight is 393 g/mol. The number of carbonyl (C=O) groups is 2. The molecule has 2 heterocycles. The minimum atomic E-state index is -0.972. The first-order valence-electron chi connectivity index (χ1n) is 9.52. The van der Waals surface area contributed by atoms with Crippen molar-refractivity contribution in [1.29, 1.82) is 0 Å². The van der Waals surface area contributed by atoms with E-state index in [1.807, 2.05) is 45.0 Å². The van der Waals surface area contributed by atoms with Crippen LogP contribution in [0, 0.1) is 0 Å². The molecule has 150 valence electrons. The van der Waals surface area contributed by atoms with Crippen LogP contribution in [0.4, 0.5) is 0 Å². The van der Waals surface area contributed by atoms with Crippen molar-refractivity contribution in [3.8, 4) is 11.4 Å². The normalized spacial score (nSPS) is 17.2. The van der Waals surface area contributed by atoms with Crippen molar-refractivity contribution in [2.75, 3.05) is 6.54 Å². The highest BCUT2D eigenvalue weighted by Gasteiger charge is 2.40. The molecule has 1 atom stereocenters. The number of carbonyl (C=O) groups excluding carboxylic acids is 2. The van der Waals surface area contributed by atoms with Crippen molar-refractivity contribution < 1.29 is 14.7 Å². The van der Waals surface area contributed by atoms with Gasteiger partial charge in [0.1, 0.15) is 28.4 Å². The molecule has 0 saturated carbocycles. The Labute approximate surface area is 168 Å². The molecular weight excluding hydrogens is 370 g/mol. The minimum Gasteiger partial charge on any atom is -0.505 e. The van der Waals surface area contributed by atoms with Crippen molar-refractivity contribution in [3.63, 3.8) is 0 Å². The van der Waals surface area contributed by atoms with E-state index < -0.39 is 11.3 Å². The van der Waals surface area contributed by atoms with Crippen LogP contribution < -0.4 is 5.43 Å². The number of likely N-dealkylation sites (N-methyl/N-ethyl adjacent to an activating group) is 1. The fourth-order valence-corrected chi connectivity index (χ4v) is 3.55. The second-order valence-electron chi connectivity index (χ2n) is 8.16. The van der Waals surface area contributed by atoms with Crippen LogP contribution in [0.3, 0.4) is 0 Å². The smallest absolute Gasteiger partial charge is 0.258 e. The van der Waals surface area contributed by atoms with Gasteiger partial charge in [0.2, 0.25) is 0 Å². The van der Waals surface area contributed by atoms with Crippen LogP contribution >= 0.6 is 0 Å². The van der Waals surface area contributed by atoms with E-state index in [4.69, 9.17) is 0 Å². The third-order valence-corrected chi connectivity index (χ3v) is 5.09. The molecule has 0 spiro atoms. The number of nitrogens with zero attached hydrogens (tertiary/aromatic N) is 4. The Morgan fingerprint density at radius 1 is 1.10 bits per heavy atom. The van der Waals surface area contributed by atoms with Crippen molar-refractivity contribution in [1.82, 2.24) is 25.4 Å². The summed E-state index contributed by atoms with van der Waals surface area (Å²) in [5.41, 5.74) is 4.98. The highest BCUT2D eigenvalue weighted by atomic mass is 16.3. The number of amides is 2. The summed E-state index contributed by atoms with van der Waals surface area (Å²) < 4.78 is 0. The van der Waals surface area contributed by atoms with Crippen LogP contribution in [-0.4, -0.2) is 43.5 Å². The van der Waals surface area contributed by atoms with Gasteiger partial charge in [-0.3, -0.25) is 20.0 Å². The SMILES string of the molecule is CCN1NC(=O)C(c2cc(-n3nc4ccccc4n3)c(O)c(C(C)(C)C)c2)C1=O. The molecule has 0 aliphatic carbocycles. The van der Waals surface area contributed by atoms with Crippen molar-refractivity contribution in [3.05, 3.63) is 47.5 Å². The lowest BCUT2D eigenvalue weighted by molar-refractivity contribution is -0.130. The second kappa shape index (κ2) is 6.58. The van der Waals surface area contributed by atoms with Crippen LogP contribution in [0.1, 0.15) is 44.7 Å². The van der Waals surface area contributed by atoms with E-state index in [1.165, 1.54) is 9.81 Å². The number of hydrogen-bond acceptors (Lipinski definition) is 5. The highest BCUT2D eigenvalue weighted by Crippen LogP contribution is 2.39. The average Bonchev–Trinajstić information content (AvgIpc) is 3.21. The van der Waals surface area contributed by atoms with Crippen LogP contribution in [0.25, 0.3) is 16.7 Å². The number of hydrazine groups is 1. The molecule has 1 fully saturated rings. The summed E-state index contributed by atoms with van der Waals surface area (Å²) in [4.78, 5) is 26.6. The maximum absolute atomic E-state index is 12.7. The van der Waals surface area contributed by atoms with E-state index in [2.05, 4.69) is 15.6 Å². The predicted molar refractivity (Wildman–Crippen MR) is 108 cm³/mol. The van der Waals surface area contributed by atoms with Crippen LogP contribution in [0.5, 0.6) is 5.75 Å². The highest BCUT2D eigenvalue weighted by molar-refractivity contribution is 6.10. The summed E-state index contributed by atoms with van der Waals surface area (Å²) in [6.07, 6.45) is 0. The zero-order chi connectivity index (χ0) is 20.9. The topological polar surface area (TPSA) is 100 Å². The lowest BCUT2D eigenvalue weighted by atomic mass is 9.83. The first kappa shape index (κ1) is 18.9. The summed E-state index contributed by atoms with van der Waals surface area (Å²) in [6, 6.07) is 10.7. The first-order valence-corrected chi connectivity index (χ1v) is 9.52. The number of aromatic nitrogens is 3. The molecule has 8 heteroatoms. The van der Waals surface area contributed by atoms with Gasteiger partial charge in [-0.1, -0.05) is 39.0 Å². The first-order chi connectivity index (χ1) is 13.7. The molecular formula is C21H23N5O3. The Bertz CT molecular complexity index is 1100. The summed E-state index contributed by atoms with van der Waals surface area (Å²) in [6.45, 7) is 8.04. The van der Waals surface area contributed by atoms with E-state index in [-0.39, 0.29) is 17.6 Å². The minimum absolute atomic E-state index is 0.0276. The van der Waals surface area contributed by atoms with E-state index in [1.54, 1.807) is 19.1 Å². The quantitative estimate of drug-likeness (QED) is 0.666. The van der Waals surface area contributed by atoms with E-state index in [9.17, 15) is 14.7 Å². The van der Waals surface area contributed by atoms with Gasteiger partial charge in [-0.2, -0.15) is 0 Å². The lowest BCUT2D eigenvalue weighted by Crippen LogP contribution is -2.35. The molecule has 8 nitrogen and oxygen atoms in total. The Morgan fingerprint density at radius 2 is 1.72 bits per heavy atom. The van der Waals surface area contributed by atoms with Crippen molar-refractivity contribution >= 4 is 22.8 Å². The third-order valence-electron chi connectivity index (χ3n) is 5.09. The number of aromatic hydroxyl groups is 1. The zero-order valence-corrected chi connectivity index (χ0v) is 16.8. The van der Waals surface area contributed by atoms with Crippen molar-refractivity contribution in [2.24, 2.45) is 0 Å².